The summed E-state index contributed by atoms with van der Waals surface area (Å²) in [5.74, 6) is 0.838. The van der Waals surface area contributed by atoms with Crippen LogP contribution in [-0.4, -0.2) is 15.8 Å². The molecule has 1 aromatic carbocycles. The summed E-state index contributed by atoms with van der Waals surface area (Å²) in [6, 6.07) is 13.0. The quantitative estimate of drug-likeness (QED) is 0.569. The number of fused-ring (bicyclic) bond motifs is 1. The van der Waals surface area contributed by atoms with Crippen LogP contribution < -0.4 is 10.5 Å². The van der Waals surface area contributed by atoms with Crippen LogP contribution in [0.3, 0.4) is 0 Å². The summed E-state index contributed by atoms with van der Waals surface area (Å²) < 4.78 is 5.82. The van der Waals surface area contributed by atoms with Crippen molar-refractivity contribution in [2.45, 2.75) is 6.92 Å². The molecule has 3 rings (SSSR count). The van der Waals surface area contributed by atoms with Gasteiger partial charge in [0.25, 0.3) is 0 Å². The molecule has 0 unspecified atom stereocenters. The van der Waals surface area contributed by atoms with E-state index >= 15 is 0 Å². The number of rotatable bonds is 3. The van der Waals surface area contributed by atoms with Crippen LogP contribution in [0.1, 0.15) is 11.3 Å². The Morgan fingerprint density at radius 3 is 2.76 bits per heavy atom. The molecule has 5 nitrogen and oxygen atoms in total. The predicted molar refractivity (Wildman–Crippen MR) is 81.8 cm³/mol. The number of ether oxygens (including phenoxy) is 1. The molecule has 3 aromatic rings. The summed E-state index contributed by atoms with van der Waals surface area (Å²) in [6.07, 6.45) is 1.70. The minimum atomic E-state index is -0.0789. The van der Waals surface area contributed by atoms with E-state index in [1.165, 1.54) is 0 Å². The summed E-state index contributed by atoms with van der Waals surface area (Å²) >= 11 is 0. The highest BCUT2D eigenvalue weighted by molar-refractivity contribution is 6.00. The molecule has 0 radical (unpaired) electrons. The number of nitrogen functional groups attached to an aromatic ring is 1. The van der Waals surface area contributed by atoms with Crippen LogP contribution in [0, 0.1) is 12.3 Å². The number of para-hydroxylation sites is 1. The van der Waals surface area contributed by atoms with Crippen molar-refractivity contribution in [1.82, 2.24) is 9.97 Å². The van der Waals surface area contributed by atoms with Crippen LogP contribution in [0.15, 0.2) is 48.7 Å². The lowest BCUT2D eigenvalue weighted by molar-refractivity contribution is 0.457. The van der Waals surface area contributed by atoms with E-state index in [4.69, 9.17) is 15.9 Å². The molecule has 3 N–H and O–H groups in total. The summed E-state index contributed by atoms with van der Waals surface area (Å²) in [4.78, 5) is 8.64. The average Bonchev–Trinajstić information content (AvgIpc) is 2.48. The first kappa shape index (κ1) is 13.1. The smallest absolute Gasteiger partial charge is 0.230 e. The third kappa shape index (κ3) is 2.53. The van der Waals surface area contributed by atoms with Gasteiger partial charge in [0, 0.05) is 11.6 Å². The molecule has 0 bridgehead atoms. The van der Waals surface area contributed by atoms with Crippen LogP contribution >= 0.6 is 0 Å². The lowest BCUT2D eigenvalue weighted by Crippen LogP contribution is -2.13. The van der Waals surface area contributed by atoms with Gasteiger partial charge in [0.05, 0.1) is 16.8 Å². The van der Waals surface area contributed by atoms with Gasteiger partial charge in [0.1, 0.15) is 5.84 Å². The van der Waals surface area contributed by atoms with Crippen LogP contribution in [0.2, 0.25) is 0 Å². The van der Waals surface area contributed by atoms with E-state index in [1.54, 1.807) is 12.3 Å². The summed E-state index contributed by atoms with van der Waals surface area (Å²) in [5, 5.41) is 8.63. The van der Waals surface area contributed by atoms with Crippen LogP contribution in [-0.2, 0) is 0 Å². The van der Waals surface area contributed by atoms with Gasteiger partial charge in [-0.3, -0.25) is 10.4 Å². The van der Waals surface area contributed by atoms with Crippen molar-refractivity contribution in [1.29, 1.82) is 5.41 Å². The molecule has 0 saturated carbocycles. The molecule has 0 atom stereocenters. The highest BCUT2D eigenvalue weighted by atomic mass is 16.5. The number of aryl methyl sites for hydroxylation is 1. The van der Waals surface area contributed by atoms with Gasteiger partial charge < -0.3 is 10.5 Å². The molecule has 0 spiro atoms. The molecule has 0 aliphatic carbocycles. The van der Waals surface area contributed by atoms with E-state index < -0.39 is 0 Å². The number of nitrogens with zero attached hydrogens (tertiary/aromatic N) is 2. The van der Waals surface area contributed by atoms with Gasteiger partial charge >= 0.3 is 0 Å². The van der Waals surface area contributed by atoms with E-state index in [-0.39, 0.29) is 5.84 Å². The average molecular weight is 278 g/mol. The van der Waals surface area contributed by atoms with Crippen LogP contribution in [0.5, 0.6) is 11.6 Å². The first-order chi connectivity index (χ1) is 10.1. The maximum atomic E-state index is 7.71. The van der Waals surface area contributed by atoms with Gasteiger partial charge in [-0.05, 0) is 31.2 Å². The molecule has 0 saturated heterocycles. The second kappa shape index (κ2) is 5.20. The molecular formula is C16H14N4O. The van der Waals surface area contributed by atoms with Crippen molar-refractivity contribution in [2.24, 2.45) is 5.73 Å². The van der Waals surface area contributed by atoms with Gasteiger partial charge in [-0.1, -0.05) is 18.2 Å². The van der Waals surface area contributed by atoms with Gasteiger partial charge in [0.15, 0.2) is 5.75 Å². The predicted octanol–water partition coefficient (Wildman–Crippen LogP) is 3.01. The van der Waals surface area contributed by atoms with E-state index in [0.717, 1.165) is 16.6 Å². The summed E-state index contributed by atoms with van der Waals surface area (Å²) in [6.45, 7) is 1.85. The summed E-state index contributed by atoms with van der Waals surface area (Å²) in [5.41, 5.74) is 7.66. The van der Waals surface area contributed by atoms with E-state index in [1.807, 2.05) is 43.3 Å². The number of amidine groups is 1. The molecule has 2 heterocycles. The van der Waals surface area contributed by atoms with Crippen molar-refractivity contribution in [3.05, 3.63) is 59.9 Å². The van der Waals surface area contributed by atoms with Crippen molar-refractivity contribution in [2.75, 3.05) is 0 Å². The van der Waals surface area contributed by atoms with Crippen LogP contribution in [0.4, 0.5) is 0 Å². The van der Waals surface area contributed by atoms with Crippen molar-refractivity contribution >= 4 is 16.7 Å². The number of aromatic nitrogens is 2. The molecule has 5 heteroatoms. The molecule has 2 aromatic heterocycles. The Hall–Kier alpha value is -2.95. The van der Waals surface area contributed by atoms with E-state index in [2.05, 4.69) is 9.97 Å². The lowest BCUT2D eigenvalue weighted by Gasteiger charge is -2.11. The maximum absolute atomic E-state index is 7.71. The second-order valence-electron chi connectivity index (χ2n) is 4.64. The maximum Gasteiger partial charge on any atom is 0.230 e. The molecular weight excluding hydrogens is 264 g/mol. The van der Waals surface area contributed by atoms with E-state index in [9.17, 15) is 0 Å². The standard InChI is InChI=1S/C16H14N4O/c1-10-14(7-4-8-19-10)21-16-12(15(17)18)9-11-5-2-3-6-13(11)20-16/h2-9H,1H3,(H3,17,18). The zero-order chi connectivity index (χ0) is 14.8. The normalized spacial score (nSPS) is 10.5. The molecule has 0 fully saturated rings. The van der Waals surface area contributed by atoms with Crippen molar-refractivity contribution < 1.29 is 4.74 Å². The monoisotopic (exact) mass is 278 g/mol. The fourth-order valence-corrected chi connectivity index (χ4v) is 2.05. The number of pyridine rings is 2. The largest absolute Gasteiger partial charge is 0.436 e. The van der Waals surface area contributed by atoms with Crippen molar-refractivity contribution in [3.63, 3.8) is 0 Å². The Balaban J connectivity index is 2.14. The van der Waals surface area contributed by atoms with Gasteiger partial charge in [0.2, 0.25) is 5.88 Å². The number of nitrogens with two attached hydrogens (primary N) is 1. The highest BCUT2D eigenvalue weighted by Crippen LogP contribution is 2.27. The Labute approximate surface area is 121 Å². The Kier molecular flexibility index (Phi) is 3.23. The highest BCUT2D eigenvalue weighted by Gasteiger charge is 2.13. The number of hydrogen-bond donors (Lipinski definition) is 2. The van der Waals surface area contributed by atoms with Gasteiger partial charge in [-0.15, -0.1) is 0 Å². The number of nitrogens with one attached hydrogen (secondary N) is 1. The Morgan fingerprint density at radius 2 is 2.00 bits per heavy atom. The molecule has 21 heavy (non-hydrogen) atoms. The third-order valence-corrected chi connectivity index (χ3v) is 3.14. The zero-order valence-corrected chi connectivity index (χ0v) is 11.5. The first-order valence-electron chi connectivity index (χ1n) is 6.49. The number of hydrogen-bond acceptors (Lipinski definition) is 4. The van der Waals surface area contributed by atoms with E-state index in [0.29, 0.717) is 17.2 Å². The fourth-order valence-electron chi connectivity index (χ4n) is 2.05. The molecule has 0 aliphatic heterocycles. The minimum Gasteiger partial charge on any atom is -0.436 e. The topological polar surface area (TPSA) is 84.9 Å². The molecule has 0 aliphatic rings. The molecule has 0 amide bonds. The van der Waals surface area contributed by atoms with Gasteiger partial charge in [-0.2, -0.15) is 0 Å². The zero-order valence-electron chi connectivity index (χ0n) is 11.5. The Morgan fingerprint density at radius 1 is 1.19 bits per heavy atom. The number of benzene rings is 1. The first-order valence-corrected chi connectivity index (χ1v) is 6.49. The SMILES string of the molecule is Cc1ncccc1Oc1nc2ccccc2cc1C(=N)N. The Bertz CT molecular complexity index is 829. The summed E-state index contributed by atoms with van der Waals surface area (Å²) in [7, 11) is 0. The van der Waals surface area contributed by atoms with Crippen molar-refractivity contribution in [3.8, 4) is 11.6 Å². The minimum absolute atomic E-state index is 0.0789. The van der Waals surface area contributed by atoms with Gasteiger partial charge in [-0.25, -0.2) is 4.98 Å². The third-order valence-electron chi connectivity index (χ3n) is 3.14. The fraction of sp³-hybridized carbons (Fsp3) is 0.0625. The molecule has 104 valence electrons. The lowest BCUT2D eigenvalue weighted by atomic mass is 10.1. The van der Waals surface area contributed by atoms with Crippen LogP contribution in [0.25, 0.3) is 10.9 Å². The second-order valence-corrected chi connectivity index (χ2v) is 4.64.